The summed E-state index contributed by atoms with van der Waals surface area (Å²) in [5.74, 6) is -0.401. The molecule has 0 saturated heterocycles. The highest BCUT2D eigenvalue weighted by molar-refractivity contribution is 5.97. The van der Waals surface area contributed by atoms with Gasteiger partial charge in [0.15, 0.2) is 0 Å². The van der Waals surface area contributed by atoms with Crippen LogP contribution >= 0.6 is 0 Å². The van der Waals surface area contributed by atoms with Gasteiger partial charge in [0.25, 0.3) is 5.91 Å². The van der Waals surface area contributed by atoms with E-state index in [1.807, 2.05) is 37.3 Å². The molecular formula is C15H19N3O2. The first kappa shape index (κ1) is 15.7. The van der Waals surface area contributed by atoms with E-state index in [0.29, 0.717) is 19.7 Å². The van der Waals surface area contributed by atoms with Crippen LogP contribution in [0.15, 0.2) is 36.0 Å². The van der Waals surface area contributed by atoms with Gasteiger partial charge >= 0.3 is 0 Å². The highest BCUT2D eigenvalue weighted by Crippen LogP contribution is 2.06. The Labute approximate surface area is 119 Å². The number of methoxy groups -OCH3 is 1. The van der Waals surface area contributed by atoms with Crippen molar-refractivity contribution >= 4 is 5.91 Å². The fourth-order valence-corrected chi connectivity index (χ4v) is 1.58. The van der Waals surface area contributed by atoms with Crippen molar-refractivity contribution in [1.29, 1.82) is 5.26 Å². The lowest BCUT2D eigenvalue weighted by atomic mass is 10.1. The van der Waals surface area contributed by atoms with Crippen LogP contribution in [0.1, 0.15) is 11.1 Å². The molecule has 0 fully saturated rings. The molecule has 5 heteroatoms. The van der Waals surface area contributed by atoms with Crippen molar-refractivity contribution in [1.82, 2.24) is 10.6 Å². The normalized spacial score (nSPS) is 10.8. The molecule has 1 amide bonds. The predicted octanol–water partition coefficient (Wildman–Crippen LogP) is 1.25. The number of hydrogen-bond acceptors (Lipinski definition) is 4. The van der Waals surface area contributed by atoms with Crippen LogP contribution in [-0.2, 0) is 16.1 Å². The van der Waals surface area contributed by atoms with Crippen LogP contribution in [0.3, 0.4) is 0 Å². The van der Waals surface area contributed by atoms with E-state index in [4.69, 9.17) is 10.00 Å². The predicted molar refractivity (Wildman–Crippen MR) is 76.6 cm³/mol. The molecule has 5 nitrogen and oxygen atoms in total. The Balaban J connectivity index is 2.52. The van der Waals surface area contributed by atoms with E-state index in [9.17, 15) is 4.79 Å². The van der Waals surface area contributed by atoms with Crippen molar-refractivity contribution in [3.63, 3.8) is 0 Å². The molecule has 0 bridgehead atoms. The van der Waals surface area contributed by atoms with Gasteiger partial charge in [0.2, 0.25) is 0 Å². The van der Waals surface area contributed by atoms with E-state index < -0.39 is 5.91 Å². The molecular weight excluding hydrogens is 254 g/mol. The van der Waals surface area contributed by atoms with Crippen molar-refractivity contribution in [2.45, 2.75) is 13.5 Å². The number of hydrogen-bond donors (Lipinski definition) is 2. The zero-order valence-corrected chi connectivity index (χ0v) is 11.8. The number of ether oxygens (including phenoxy) is 1. The van der Waals surface area contributed by atoms with Crippen LogP contribution in [0.5, 0.6) is 0 Å². The summed E-state index contributed by atoms with van der Waals surface area (Å²) in [6, 6.07) is 9.82. The zero-order valence-electron chi connectivity index (χ0n) is 11.8. The number of carbonyl (C=O) groups is 1. The molecule has 20 heavy (non-hydrogen) atoms. The number of benzene rings is 1. The number of aryl methyl sites for hydroxylation is 1. The molecule has 1 rings (SSSR count). The first-order chi connectivity index (χ1) is 9.69. The fraction of sp³-hybridized carbons (Fsp3) is 0.333. The average molecular weight is 273 g/mol. The molecule has 0 aliphatic carbocycles. The summed E-state index contributed by atoms with van der Waals surface area (Å²) in [4.78, 5) is 11.7. The SMILES string of the molecule is COCCNC(=O)/C(C#N)=C\NCc1ccccc1C. The minimum absolute atomic E-state index is 0.0506. The van der Waals surface area contributed by atoms with Crippen molar-refractivity contribution in [2.75, 3.05) is 20.3 Å². The molecule has 106 valence electrons. The molecule has 0 aromatic heterocycles. The molecule has 0 atom stereocenters. The lowest BCUT2D eigenvalue weighted by Crippen LogP contribution is -2.28. The third kappa shape index (κ3) is 5.12. The Morgan fingerprint density at radius 1 is 1.45 bits per heavy atom. The van der Waals surface area contributed by atoms with E-state index in [-0.39, 0.29) is 5.57 Å². The monoisotopic (exact) mass is 273 g/mol. The van der Waals surface area contributed by atoms with E-state index in [0.717, 1.165) is 11.1 Å². The Hall–Kier alpha value is -2.32. The van der Waals surface area contributed by atoms with Crippen molar-refractivity contribution in [3.05, 3.63) is 47.2 Å². The molecule has 0 radical (unpaired) electrons. The topological polar surface area (TPSA) is 74.1 Å². The van der Waals surface area contributed by atoms with Gasteiger partial charge in [0.1, 0.15) is 11.6 Å². The third-order valence-electron chi connectivity index (χ3n) is 2.76. The van der Waals surface area contributed by atoms with Gasteiger partial charge in [-0.1, -0.05) is 24.3 Å². The van der Waals surface area contributed by atoms with E-state index >= 15 is 0 Å². The first-order valence-corrected chi connectivity index (χ1v) is 6.34. The minimum atomic E-state index is -0.401. The fourth-order valence-electron chi connectivity index (χ4n) is 1.58. The smallest absolute Gasteiger partial charge is 0.263 e. The second kappa shape index (κ2) is 8.73. The zero-order chi connectivity index (χ0) is 14.8. The summed E-state index contributed by atoms with van der Waals surface area (Å²) in [6.07, 6.45) is 1.44. The third-order valence-corrected chi connectivity index (χ3v) is 2.76. The van der Waals surface area contributed by atoms with Crippen LogP contribution in [0.2, 0.25) is 0 Å². The summed E-state index contributed by atoms with van der Waals surface area (Å²) in [6.45, 7) is 3.39. The van der Waals surface area contributed by atoms with Crippen LogP contribution in [0, 0.1) is 18.3 Å². The summed E-state index contributed by atoms with van der Waals surface area (Å²) in [5.41, 5.74) is 2.34. The number of nitrogens with zero attached hydrogens (tertiary/aromatic N) is 1. The molecule has 0 heterocycles. The van der Waals surface area contributed by atoms with Crippen LogP contribution in [0.4, 0.5) is 0 Å². The van der Waals surface area contributed by atoms with Gasteiger partial charge in [-0.05, 0) is 18.1 Å². The number of rotatable bonds is 7. The highest BCUT2D eigenvalue weighted by Gasteiger charge is 2.07. The van der Waals surface area contributed by atoms with Crippen LogP contribution < -0.4 is 10.6 Å². The summed E-state index contributed by atoms with van der Waals surface area (Å²) < 4.78 is 4.83. The summed E-state index contributed by atoms with van der Waals surface area (Å²) in [5, 5.41) is 14.5. The second-order valence-corrected chi connectivity index (χ2v) is 4.23. The Morgan fingerprint density at radius 3 is 2.85 bits per heavy atom. The molecule has 1 aromatic carbocycles. The lowest BCUT2D eigenvalue weighted by Gasteiger charge is -2.06. The van der Waals surface area contributed by atoms with Crippen LogP contribution in [0.25, 0.3) is 0 Å². The molecule has 2 N–H and O–H groups in total. The number of carbonyl (C=O) groups excluding carboxylic acids is 1. The van der Waals surface area contributed by atoms with Crippen LogP contribution in [-0.4, -0.2) is 26.2 Å². The number of nitriles is 1. The van der Waals surface area contributed by atoms with Gasteiger partial charge in [-0.15, -0.1) is 0 Å². The summed E-state index contributed by atoms with van der Waals surface area (Å²) in [7, 11) is 1.55. The average Bonchev–Trinajstić information content (AvgIpc) is 2.45. The van der Waals surface area contributed by atoms with Gasteiger partial charge < -0.3 is 15.4 Å². The maximum absolute atomic E-state index is 11.7. The lowest BCUT2D eigenvalue weighted by molar-refractivity contribution is -0.117. The highest BCUT2D eigenvalue weighted by atomic mass is 16.5. The van der Waals surface area contributed by atoms with Gasteiger partial charge in [0.05, 0.1) is 6.61 Å². The Kier molecular flexibility index (Phi) is 6.87. The Morgan fingerprint density at radius 2 is 2.20 bits per heavy atom. The van der Waals surface area contributed by atoms with Gasteiger partial charge in [-0.25, -0.2) is 0 Å². The quantitative estimate of drug-likeness (QED) is 0.445. The number of nitrogens with one attached hydrogen (secondary N) is 2. The van der Waals surface area contributed by atoms with E-state index in [1.54, 1.807) is 7.11 Å². The van der Waals surface area contributed by atoms with Crippen molar-refractivity contribution in [3.8, 4) is 6.07 Å². The van der Waals surface area contributed by atoms with Gasteiger partial charge in [-0.3, -0.25) is 4.79 Å². The standard InChI is InChI=1S/C15H19N3O2/c1-12-5-3-4-6-13(12)10-17-11-14(9-16)15(19)18-7-8-20-2/h3-6,11,17H,7-8,10H2,1-2H3,(H,18,19)/b14-11-. The summed E-state index contributed by atoms with van der Waals surface area (Å²) >= 11 is 0. The minimum Gasteiger partial charge on any atom is -0.386 e. The molecule has 0 spiro atoms. The molecule has 1 aromatic rings. The number of amides is 1. The second-order valence-electron chi connectivity index (χ2n) is 4.23. The van der Waals surface area contributed by atoms with E-state index in [2.05, 4.69) is 10.6 Å². The first-order valence-electron chi connectivity index (χ1n) is 6.34. The maximum Gasteiger partial charge on any atom is 0.263 e. The molecule has 0 unspecified atom stereocenters. The van der Waals surface area contributed by atoms with E-state index in [1.165, 1.54) is 6.20 Å². The Bertz CT molecular complexity index is 518. The maximum atomic E-state index is 11.7. The van der Waals surface area contributed by atoms with Gasteiger partial charge in [-0.2, -0.15) is 5.26 Å². The van der Waals surface area contributed by atoms with Crippen molar-refractivity contribution in [2.24, 2.45) is 0 Å². The van der Waals surface area contributed by atoms with Gasteiger partial charge in [0, 0.05) is 26.4 Å². The largest absolute Gasteiger partial charge is 0.386 e. The van der Waals surface area contributed by atoms with Crippen molar-refractivity contribution < 1.29 is 9.53 Å². The molecule has 0 aliphatic heterocycles. The molecule has 0 aliphatic rings. The molecule has 0 saturated carbocycles.